The van der Waals surface area contributed by atoms with Gasteiger partial charge in [0.15, 0.2) is 11.5 Å². The van der Waals surface area contributed by atoms with Crippen molar-refractivity contribution in [2.75, 3.05) is 12.1 Å². The second kappa shape index (κ2) is 4.88. The van der Waals surface area contributed by atoms with Gasteiger partial charge in [-0.15, -0.1) is 0 Å². The number of hydrogen-bond acceptors (Lipinski definition) is 5. The monoisotopic (exact) mass is 305 g/mol. The molecule has 2 bridgehead atoms. The van der Waals surface area contributed by atoms with Gasteiger partial charge in [0, 0.05) is 11.8 Å². The number of carboxylic acids is 1. The zero-order chi connectivity index (χ0) is 15.3. The molecule has 7 heteroatoms. The van der Waals surface area contributed by atoms with Crippen LogP contribution in [0, 0.1) is 11.8 Å². The summed E-state index contributed by atoms with van der Waals surface area (Å²) in [5.74, 6) is -1.52. The molecule has 3 aliphatic rings. The van der Waals surface area contributed by atoms with Crippen molar-refractivity contribution in [1.29, 1.82) is 0 Å². The van der Waals surface area contributed by atoms with Crippen molar-refractivity contribution >= 4 is 17.6 Å². The summed E-state index contributed by atoms with van der Waals surface area (Å²) >= 11 is 0. The Bertz CT molecular complexity index is 645. The van der Waals surface area contributed by atoms with E-state index >= 15 is 0 Å². The minimum absolute atomic E-state index is 0.161. The van der Waals surface area contributed by atoms with Crippen LogP contribution in [0.15, 0.2) is 18.2 Å². The van der Waals surface area contributed by atoms with Crippen LogP contribution in [0.1, 0.15) is 12.8 Å². The van der Waals surface area contributed by atoms with Gasteiger partial charge in [-0.2, -0.15) is 0 Å². The molecule has 3 aliphatic heterocycles. The SMILES string of the molecule is O=C(O)[C@@H]1[C@H](C(=O)Nc2ccc3c(c2)OCO3)[C@@H]2CC[C@H]1O2. The van der Waals surface area contributed by atoms with Crippen molar-refractivity contribution < 1.29 is 28.9 Å². The first-order valence-electron chi connectivity index (χ1n) is 7.22. The van der Waals surface area contributed by atoms with E-state index in [-0.39, 0.29) is 24.9 Å². The number of carboxylic acid groups (broad SMARTS) is 1. The van der Waals surface area contributed by atoms with Gasteiger partial charge in [-0.25, -0.2) is 0 Å². The molecule has 3 heterocycles. The zero-order valence-electron chi connectivity index (χ0n) is 11.7. The van der Waals surface area contributed by atoms with E-state index in [0.717, 1.165) is 6.42 Å². The van der Waals surface area contributed by atoms with Gasteiger partial charge >= 0.3 is 5.97 Å². The largest absolute Gasteiger partial charge is 0.481 e. The van der Waals surface area contributed by atoms with Crippen LogP contribution in [-0.2, 0) is 14.3 Å². The maximum atomic E-state index is 12.5. The number of hydrogen-bond donors (Lipinski definition) is 2. The van der Waals surface area contributed by atoms with Crippen LogP contribution in [0.5, 0.6) is 11.5 Å². The average molecular weight is 305 g/mol. The number of benzene rings is 1. The molecular weight excluding hydrogens is 290 g/mol. The van der Waals surface area contributed by atoms with Crippen molar-refractivity contribution in [2.24, 2.45) is 11.8 Å². The lowest BCUT2D eigenvalue weighted by molar-refractivity contribution is -0.147. The van der Waals surface area contributed by atoms with Gasteiger partial charge in [0.2, 0.25) is 12.7 Å². The Balaban J connectivity index is 1.53. The predicted molar refractivity (Wildman–Crippen MR) is 73.7 cm³/mol. The number of anilines is 1. The van der Waals surface area contributed by atoms with Crippen molar-refractivity contribution in [3.05, 3.63) is 18.2 Å². The van der Waals surface area contributed by atoms with E-state index in [0.29, 0.717) is 23.6 Å². The smallest absolute Gasteiger partial charge is 0.310 e. The molecule has 4 rings (SSSR count). The minimum atomic E-state index is -0.974. The van der Waals surface area contributed by atoms with Crippen molar-refractivity contribution in [3.63, 3.8) is 0 Å². The Morgan fingerprint density at radius 3 is 2.59 bits per heavy atom. The fourth-order valence-electron chi connectivity index (χ4n) is 3.52. The van der Waals surface area contributed by atoms with Gasteiger partial charge in [-0.3, -0.25) is 9.59 Å². The Morgan fingerprint density at radius 1 is 1.09 bits per heavy atom. The lowest BCUT2D eigenvalue weighted by Gasteiger charge is -2.23. The highest BCUT2D eigenvalue weighted by Gasteiger charge is 2.55. The van der Waals surface area contributed by atoms with E-state index < -0.39 is 17.8 Å². The van der Waals surface area contributed by atoms with Crippen LogP contribution < -0.4 is 14.8 Å². The highest BCUT2D eigenvalue weighted by molar-refractivity contribution is 5.96. The summed E-state index contributed by atoms with van der Waals surface area (Å²) in [5.41, 5.74) is 0.557. The first-order valence-corrected chi connectivity index (χ1v) is 7.22. The number of carbonyl (C=O) groups excluding carboxylic acids is 1. The van der Waals surface area contributed by atoms with Gasteiger partial charge < -0.3 is 24.6 Å². The van der Waals surface area contributed by atoms with Crippen LogP contribution >= 0.6 is 0 Å². The van der Waals surface area contributed by atoms with Crippen LogP contribution in [0.3, 0.4) is 0 Å². The Morgan fingerprint density at radius 2 is 1.82 bits per heavy atom. The summed E-state index contributed by atoms with van der Waals surface area (Å²) in [6.07, 6.45) is 0.776. The number of ether oxygens (including phenoxy) is 3. The molecule has 0 aliphatic carbocycles. The number of carbonyl (C=O) groups is 2. The van der Waals surface area contributed by atoms with Crippen LogP contribution in [0.25, 0.3) is 0 Å². The summed E-state index contributed by atoms with van der Waals surface area (Å²) in [7, 11) is 0. The van der Waals surface area contributed by atoms with Gasteiger partial charge in [-0.1, -0.05) is 0 Å². The molecule has 0 unspecified atom stereocenters. The molecule has 4 atom stereocenters. The molecule has 1 amide bonds. The molecule has 2 saturated heterocycles. The van der Waals surface area contributed by atoms with Gasteiger partial charge in [-0.05, 0) is 25.0 Å². The summed E-state index contributed by atoms with van der Waals surface area (Å²) < 4.78 is 16.1. The Kier molecular flexibility index (Phi) is 2.97. The standard InChI is InChI=1S/C15H15NO6/c17-14(12-9-3-4-10(22-9)13(12)15(18)19)16-7-1-2-8-11(5-7)21-6-20-8/h1-2,5,9-10,12-13H,3-4,6H2,(H,16,17)(H,18,19)/t9-,10+,12+,13-/m0/s1. The molecular formula is C15H15NO6. The molecule has 0 spiro atoms. The Labute approximate surface area is 126 Å². The number of amides is 1. The zero-order valence-corrected chi connectivity index (χ0v) is 11.7. The fraction of sp³-hybridized carbons (Fsp3) is 0.467. The van der Waals surface area contributed by atoms with Crippen LogP contribution in [0.2, 0.25) is 0 Å². The van der Waals surface area contributed by atoms with Crippen LogP contribution in [0.4, 0.5) is 5.69 Å². The van der Waals surface area contributed by atoms with Crippen molar-refractivity contribution in [2.45, 2.75) is 25.0 Å². The van der Waals surface area contributed by atoms with E-state index in [4.69, 9.17) is 14.2 Å². The number of rotatable bonds is 3. The van der Waals surface area contributed by atoms with E-state index in [1.54, 1.807) is 18.2 Å². The van der Waals surface area contributed by atoms with E-state index in [2.05, 4.69) is 5.32 Å². The summed E-state index contributed by atoms with van der Waals surface area (Å²) in [5, 5.41) is 12.1. The average Bonchev–Trinajstić information content (AvgIpc) is 3.20. The maximum absolute atomic E-state index is 12.5. The summed E-state index contributed by atoms with van der Waals surface area (Å²) in [6.45, 7) is 0.161. The van der Waals surface area contributed by atoms with Gasteiger partial charge in [0.25, 0.3) is 0 Å². The number of aliphatic carboxylic acids is 1. The van der Waals surface area contributed by atoms with Crippen LogP contribution in [-0.4, -0.2) is 36.0 Å². The molecule has 0 aromatic heterocycles. The van der Waals surface area contributed by atoms with E-state index in [9.17, 15) is 14.7 Å². The molecule has 1 aromatic rings. The molecule has 7 nitrogen and oxygen atoms in total. The summed E-state index contributed by atoms with van der Waals surface area (Å²) in [6, 6.07) is 5.09. The maximum Gasteiger partial charge on any atom is 0.310 e. The van der Waals surface area contributed by atoms with Gasteiger partial charge in [0.1, 0.15) is 0 Å². The second-order valence-electron chi connectivity index (χ2n) is 5.74. The highest BCUT2D eigenvalue weighted by atomic mass is 16.7. The fourth-order valence-corrected chi connectivity index (χ4v) is 3.52. The van der Waals surface area contributed by atoms with E-state index in [1.165, 1.54) is 0 Å². The predicted octanol–water partition coefficient (Wildman–Crippen LogP) is 1.23. The Hall–Kier alpha value is -2.28. The lowest BCUT2D eigenvalue weighted by atomic mass is 9.78. The molecule has 0 saturated carbocycles. The highest BCUT2D eigenvalue weighted by Crippen LogP contribution is 2.44. The summed E-state index contributed by atoms with van der Waals surface area (Å²) in [4.78, 5) is 23.9. The topological polar surface area (TPSA) is 94.1 Å². The lowest BCUT2D eigenvalue weighted by Crippen LogP contribution is -2.40. The van der Waals surface area contributed by atoms with Crippen molar-refractivity contribution in [1.82, 2.24) is 0 Å². The molecule has 116 valence electrons. The third-order valence-electron chi connectivity index (χ3n) is 4.50. The first-order chi connectivity index (χ1) is 10.6. The number of nitrogens with one attached hydrogen (secondary N) is 1. The third kappa shape index (κ3) is 2.00. The molecule has 1 aromatic carbocycles. The number of fused-ring (bicyclic) bond motifs is 3. The van der Waals surface area contributed by atoms with Crippen molar-refractivity contribution in [3.8, 4) is 11.5 Å². The quantitative estimate of drug-likeness (QED) is 0.872. The first kappa shape index (κ1) is 13.4. The normalized spacial score (nSPS) is 31.3. The minimum Gasteiger partial charge on any atom is -0.481 e. The molecule has 0 radical (unpaired) electrons. The molecule has 2 N–H and O–H groups in total. The molecule has 2 fully saturated rings. The third-order valence-corrected chi connectivity index (χ3v) is 4.50. The molecule has 22 heavy (non-hydrogen) atoms. The van der Waals surface area contributed by atoms with Gasteiger partial charge in [0.05, 0.1) is 24.0 Å². The second-order valence-corrected chi connectivity index (χ2v) is 5.74. The van der Waals surface area contributed by atoms with E-state index in [1.807, 2.05) is 0 Å².